The van der Waals surface area contributed by atoms with E-state index in [4.69, 9.17) is 10.5 Å². The van der Waals surface area contributed by atoms with E-state index < -0.39 is 5.97 Å². The molecule has 1 aromatic rings. The fourth-order valence-electron chi connectivity index (χ4n) is 1.98. The molecule has 2 N–H and O–H groups in total. The molecule has 4 heteroatoms. The molecule has 1 aliphatic carbocycles. The highest BCUT2D eigenvalue weighted by Gasteiger charge is 2.20. The molecule has 1 aromatic heterocycles. The Morgan fingerprint density at radius 1 is 1.38 bits per heavy atom. The second kappa shape index (κ2) is 4.96. The van der Waals surface area contributed by atoms with Gasteiger partial charge in [-0.05, 0) is 37.8 Å². The summed E-state index contributed by atoms with van der Waals surface area (Å²) < 4.78 is 5.38. The molecule has 0 amide bonds. The van der Waals surface area contributed by atoms with Gasteiger partial charge in [-0.15, -0.1) is 0 Å². The summed E-state index contributed by atoms with van der Waals surface area (Å²) in [4.78, 5) is 15.7. The minimum atomic E-state index is -0.398. The molecule has 0 saturated heterocycles. The first-order valence-electron chi connectivity index (χ1n) is 5.69. The first-order valence-corrected chi connectivity index (χ1v) is 5.69. The van der Waals surface area contributed by atoms with Gasteiger partial charge in [-0.1, -0.05) is 6.42 Å². The number of hydrogen-bond acceptors (Lipinski definition) is 4. The molecule has 2 rings (SSSR count). The van der Waals surface area contributed by atoms with Gasteiger partial charge in [0.15, 0.2) is 5.69 Å². The number of hydrogen-bond donors (Lipinski definition) is 1. The van der Waals surface area contributed by atoms with E-state index in [1.807, 2.05) is 0 Å². The van der Waals surface area contributed by atoms with Crippen LogP contribution in [0.3, 0.4) is 0 Å². The van der Waals surface area contributed by atoms with Gasteiger partial charge >= 0.3 is 5.97 Å². The van der Waals surface area contributed by atoms with E-state index in [-0.39, 0.29) is 11.8 Å². The zero-order valence-corrected chi connectivity index (χ0v) is 9.19. The third-order valence-electron chi connectivity index (χ3n) is 2.86. The van der Waals surface area contributed by atoms with Crippen LogP contribution in [0.2, 0.25) is 0 Å². The Balaban J connectivity index is 2.00. The van der Waals surface area contributed by atoms with Gasteiger partial charge in [-0.2, -0.15) is 0 Å². The predicted octanol–water partition coefficient (Wildman–Crippen LogP) is 2.15. The van der Waals surface area contributed by atoms with Crippen LogP contribution in [0, 0.1) is 0 Å². The molecule has 86 valence electrons. The number of nitrogen functional groups attached to an aromatic ring is 1. The standard InChI is InChI=1S/C12H16N2O2/c13-10-7-4-8-14-11(10)12(15)16-9-5-2-1-3-6-9/h4,7-9H,1-3,5-6,13H2. The number of carbonyl (C=O) groups excluding carboxylic acids is 1. The lowest BCUT2D eigenvalue weighted by molar-refractivity contribution is 0.0206. The largest absolute Gasteiger partial charge is 0.458 e. The van der Waals surface area contributed by atoms with Crippen molar-refractivity contribution in [2.75, 3.05) is 5.73 Å². The Morgan fingerprint density at radius 2 is 2.12 bits per heavy atom. The molecule has 0 atom stereocenters. The van der Waals surface area contributed by atoms with E-state index in [1.54, 1.807) is 18.3 Å². The monoisotopic (exact) mass is 220 g/mol. The summed E-state index contributed by atoms with van der Waals surface area (Å²) in [7, 11) is 0. The smallest absolute Gasteiger partial charge is 0.359 e. The summed E-state index contributed by atoms with van der Waals surface area (Å²) in [6, 6.07) is 3.36. The van der Waals surface area contributed by atoms with Crippen LogP contribution < -0.4 is 5.73 Å². The Bertz CT molecular complexity index is 373. The van der Waals surface area contributed by atoms with Gasteiger partial charge in [0, 0.05) is 6.20 Å². The zero-order valence-electron chi connectivity index (χ0n) is 9.19. The van der Waals surface area contributed by atoms with Crippen LogP contribution in [0.4, 0.5) is 5.69 Å². The Hall–Kier alpha value is -1.58. The summed E-state index contributed by atoms with van der Waals surface area (Å²) in [5.74, 6) is -0.398. The molecule has 4 nitrogen and oxygen atoms in total. The minimum Gasteiger partial charge on any atom is -0.458 e. The maximum absolute atomic E-state index is 11.8. The average molecular weight is 220 g/mol. The molecule has 0 bridgehead atoms. The topological polar surface area (TPSA) is 65.2 Å². The minimum absolute atomic E-state index is 0.0441. The number of aromatic nitrogens is 1. The van der Waals surface area contributed by atoms with E-state index in [0.717, 1.165) is 25.7 Å². The number of esters is 1. The third-order valence-corrected chi connectivity index (χ3v) is 2.86. The quantitative estimate of drug-likeness (QED) is 0.775. The zero-order chi connectivity index (χ0) is 11.4. The number of nitrogens with two attached hydrogens (primary N) is 1. The van der Waals surface area contributed by atoms with Crippen molar-refractivity contribution < 1.29 is 9.53 Å². The summed E-state index contributed by atoms with van der Waals surface area (Å²) >= 11 is 0. The summed E-state index contributed by atoms with van der Waals surface area (Å²) in [6.07, 6.45) is 7.01. The van der Waals surface area contributed by atoms with E-state index in [1.165, 1.54) is 6.42 Å². The molecule has 0 aliphatic heterocycles. The number of rotatable bonds is 2. The van der Waals surface area contributed by atoms with Crippen LogP contribution in [0.25, 0.3) is 0 Å². The summed E-state index contributed by atoms with van der Waals surface area (Å²) in [6.45, 7) is 0. The lowest BCUT2D eigenvalue weighted by Crippen LogP contribution is -2.22. The van der Waals surface area contributed by atoms with Gasteiger partial charge in [0.25, 0.3) is 0 Å². The van der Waals surface area contributed by atoms with Crippen LogP contribution in [-0.4, -0.2) is 17.1 Å². The number of carbonyl (C=O) groups is 1. The highest BCUT2D eigenvalue weighted by atomic mass is 16.5. The normalized spacial score (nSPS) is 17.0. The first-order chi connectivity index (χ1) is 7.77. The Morgan fingerprint density at radius 3 is 2.81 bits per heavy atom. The lowest BCUT2D eigenvalue weighted by Gasteiger charge is -2.21. The van der Waals surface area contributed by atoms with Crippen molar-refractivity contribution in [3.63, 3.8) is 0 Å². The van der Waals surface area contributed by atoms with Crippen molar-refractivity contribution in [1.29, 1.82) is 0 Å². The summed E-state index contributed by atoms with van der Waals surface area (Å²) in [5, 5.41) is 0. The second-order valence-corrected chi connectivity index (χ2v) is 4.11. The van der Waals surface area contributed by atoms with Crippen LogP contribution in [0.5, 0.6) is 0 Å². The molecule has 1 saturated carbocycles. The van der Waals surface area contributed by atoms with Gasteiger partial charge in [0.1, 0.15) is 6.10 Å². The van der Waals surface area contributed by atoms with Crippen LogP contribution >= 0.6 is 0 Å². The number of ether oxygens (including phenoxy) is 1. The fraction of sp³-hybridized carbons (Fsp3) is 0.500. The van der Waals surface area contributed by atoms with Crippen molar-refractivity contribution in [2.45, 2.75) is 38.2 Å². The van der Waals surface area contributed by atoms with E-state index in [9.17, 15) is 4.79 Å². The highest BCUT2D eigenvalue weighted by molar-refractivity contribution is 5.92. The molecule has 0 unspecified atom stereocenters. The van der Waals surface area contributed by atoms with Gasteiger partial charge < -0.3 is 10.5 Å². The number of pyridine rings is 1. The molecular formula is C12H16N2O2. The van der Waals surface area contributed by atoms with Crippen molar-refractivity contribution in [3.05, 3.63) is 24.0 Å². The fourth-order valence-corrected chi connectivity index (χ4v) is 1.98. The van der Waals surface area contributed by atoms with Crippen molar-refractivity contribution in [1.82, 2.24) is 4.98 Å². The lowest BCUT2D eigenvalue weighted by atomic mass is 9.98. The maximum atomic E-state index is 11.8. The first kappa shape index (κ1) is 10.9. The molecule has 1 aliphatic rings. The van der Waals surface area contributed by atoms with Gasteiger partial charge in [0.2, 0.25) is 0 Å². The second-order valence-electron chi connectivity index (χ2n) is 4.11. The molecule has 1 heterocycles. The van der Waals surface area contributed by atoms with Crippen molar-refractivity contribution in [3.8, 4) is 0 Å². The van der Waals surface area contributed by atoms with Crippen LogP contribution in [0.15, 0.2) is 18.3 Å². The van der Waals surface area contributed by atoms with E-state index in [2.05, 4.69) is 4.98 Å². The van der Waals surface area contributed by atoms with Gasteiger partial charge in [-0.25, -0.2) is 9.78 Å². The van der Waals surface area contributed by atoms with Crippen molar-refractivity contribution in [2.24, 2.45) is 0 Å². The van der Waals surface area contributed by atoms with Crippen molar-refractivity contribution >= 4 is 11.7 Å². The SMILES string of the molecule is Nc1cccnc1C(=O)OC1CCCCC1. The number of nitrogens with zero attached hydrogens (tertiary/aromatic N) is 1. The molecule has 1 fully saturated rings. The molecule has 16 heavy (non-hydrogen) atoms. The van der Waals surface area contributed by atoms with E-state index in [0.29, 0.717) is 5.69 Å². The van der Waals surface area contributed by atoms with Crippen LogP contribution in [-0.2, 0) is 4.74 Å². The van der Waals surface area contributed by atoms with Crippen LogP contribution in [0.1, 0.15) is 42.6 Å². The predicted molar refractivity (Wildman–Crippen MR) is 60.9 cm³/mol. The molecular weight excluding hydrogens is 204 g/mol. The van der Waals surface area contributed by atoms with Gasteiger partial charge in [-0.3, -0.25) is 0 Å². The molecule has 0 radical (unpaired) electrons. The molecule has 0 aromatic carbocycles. The number of anilines is 1. The molecule has 0 spiro atoms. The maximum Gasteiger partial charge on any atom is 0.359 e. The highest BCUT2D eigenvalue weighted by Crippen LogP contribution is 2.21. The summed E-state index contributed by atoms with van der Waals surface area (Å²) in [5.41, 5.74) is 6.27. The average Bonchev–Trinajstić information content (AvgIpc) is 2.31. The van der Waals surface area contributed by atoms with Gasteiger partial charge in [0.05, 0.1) is 5.69 Å². The van der Waals surface area contributed by atoms with E-state index >= 15 is 0 Å². The third kappa shape index (κ3) is 2.51. The Kier molecular flexibility index (Phi) is 3.39. The Labute approximate surface area is 94.8 Å².